The van der Waals surface area contributed by atoms with Gasteiger partial charge in [0, 0.05) is 11.5 Å². The maximum Gasteiger partial charge on any atom is 0.167 e. The first kappa shape index (κ1) is 8.96. The molecule has 0 saturated heterocycles. The number of hydrogen-bond acceptors (Lipinski definition) is 2. The molecule has 1 saturated carbocycles. The van der Waals surface area contributed by atoms with E-state index < -0.39 is 0 Å². The van der Waals surface area contributed by atoms with Crippen molar-refractivity contribution in [3.8, 4) is 6.07 Å². The molecule has 2 nitrogen and oxygen atoms in total. The summed E-state index contributed by atoms with van der Waals surface area (Å²) in [6, 6.07) is 7.49. The highest BCUT2D eigenvalue weighted by molar-refractivity contribution is 6.02. The Balaban J connectivity index is 2.49. The van der Waals surface area contributed by atoms with E-state index in [4.69, 9.17) is 5.26 Å². The van der Waals surface area contributed by atoms with Crippen LogP contribution in [0.1, 0.15) is 34.3 Å². The van der Waals surface area contributed by atoms with Crippen LogP contribution in [0, 0.1) is 24.2 Å². The van der Waals surface area contributed by atoms with Gasteiger partial charge in [-0.3, -0.25) is 4.79 Å². The Morgan fingerprint density at radius 1 is 1.50 bits per heavy atom. The van der Waals surface area contributed by atoms with E-state index in [0.717, 1.165) is 18.4 Å². The fourth-order valence-corrected chi connectivity index (χ4v) is 1.64. The first-order valence-electron chi connectivity index (χ1n) is 4.78. The molecule has 70 valence electrons. The number of carbonyl (C=O) groups excluding carboxylic acids is 1. The Kier molecular flexibility index (Phi) is 2.09. The Hall–Kier alpha value is -1.62. The summed E-state index contributed by atoms with van der Waals surface area (Å²) in [5.41, 5.74) is 2.07. The van der Waals surface area contributed by atoms with Crippen molar-refractivity contribution >= 4 is 5.78 Å². The van der Waals surface area contributed by atoms with Gasteiger partial charge in [0.1, 0.15) is 0 Å². The molecule has 0 amide bonds. The predicted molar refractivity (Wildman–Crippen MR) is 52.9 cm³/mol. The van der Waals surface area contributed by atoms with E-state index in [9.17, 15) is 4.79 Å². The summed E-state index contributed by atoms with van der Waals surface area (Å²) >= 11 is 0. The van der Waals surface area contributed by atoms with Crippen LogP contribution in [0.2, 0.25) is 0 Å². The van der Waals surface area contributed by atoms with Gasteiger partial charge in [-0.15, -0.1) is 0 Å². The van der Waals surface area contributed by atoms with E-state index in [1.165, 1.54) is 0 Å². The fourth-order valence-electron chi connectivity index (χ4n) is 1.64. The van der Waals surface area contributed by atoms with Crippen LogP contribution in [-0.2, 0) is 0 Å². The molecule has 2 rings (SSSR count). The number of benzene rings is 1. The number of aryl methyl sites for hydroxylation is 1. The second-order valence-electron chi connectivity index (χ2n) is 3.75. The summed E-state index contributed by atoms with van der Waals surface area (Å²) in [6.07, 6.45) is 1.97. The van der Waals surface area contributed by atoms with Crippen molar-refractivity contribution in [1.82, 2.24) is 0 Å². The van der Waals surface area contributed by atoms with Crippen LogP contribution in [0.5, 0.6) is 0 Å². The number of hydrogen-bond donors (Lipinski definition) is 0. The SMILES string of the molecule is Cc1cccc(C#N)c1C(=O)C1CC1. The predicted octanol–water partition coefficient (Wildman–Crippen LogP) is 2.46. The monoisotopic (exact) mass is 185 g/mol. The van der Waals surface area contributed by atoms with Crippen molar-refractivity contribution in [3.63, 3.8) is 0 Å². The molecule has 0 heterocycles. The van der Waals surface area contributed by atoms with Gasteiger partial charge in [-0.2, -0.15) is 5.26 Å². The highest BCUT2D eigenvalue weighted by Crippen LogP contribution is 2.34. The van der Waals surface area contributed by atoms with Crippen molar-refractivity contribution in [3.05, 3.63) is 34.9 Å². The highest BCUT2D eigenvalue weighted by Gasteiger charge is 2.32. The van der Waals surface area contributed by atoms with E-state index in [0.29, 0.717) is 11.1 Å². The molecule has 1 fully saturated rings. The number of rotatable bonds is 2. The normalized spacial score (nSPS) is 14.9. The minimum atomic E-state index is 0.152. The van der Waals surface area contributed by atoms with E-state index in [2.05, 4.69) is 6.07 Å². The summed E-state index contributed by atoms with van der Waals surface area (Å²) < 4.78 is 0. The van der Waals surface area contributed by atoms with Gasteiger partial charge < -0.3 is 0 Å². The van der Waals surface area contributed by atoms with Gasteiger partial charge in [-0.25, -0.2) is 0 Å². The maximum absolute atomic E-state index is 11.9. The van der Waals surface area contributed by atoms with Crippen molar-refractivity contribution < 1.29 is 4.79 Å². The Bertz CT molecular complexity index is 424. The Labute approximate surface area is 83.2 Å². The number of nitriles is 1. The lowest BCUT2D eigenvalue weighted by Gasteiger charge is -2.05. The molecule has 1 aromatic rings. The highest BCUT2D eigenvalue weighted by atomic mass is 16.1. The van der Waals surface area contributed by atoms with E-state index in [1.54, 1.807) is 6.07 Å². The number of Topliss-reactive ketones (excluding diaryl/α,β-unsaturated/α-hetero) is 1. The average molecular weight is 185 g/mol. The second kappa shape index (κ2) is 3.26. The molecule has 0 bridgehead atoms. The third-order valence-electron chi connectivity index (χ3n) is 2.59. The minimum absolute atomic E-state index is 0.152. The zero-order valence-electron chi connectivity index (χ0n) is 8.08. The topological polar surface area (TPSA) is 40.9 Å². The lowest BCUT2D eigenvalue weighted by molar-refractivity contribution is 0.0967. The molecule has 1 aliphatic carbocycles. The van der Waals surface area contributed by atoms with Gasteiger partial charge in [-0.1, -0.05) is 12.1 Å². The summed E-state index contributed by atoms with van der Waals surface area (Å²) in [5.74, 6) is 0.336. The molecule has 14 heavy (non-hydrogen) atoms. The van der Waals surface area contributed by atoms with E-state index in [1.807, 2.05) is 19.1 Å². The number of carbonyl (C=O) groups is 1. The zero-order valence-corrected chi connectivity index (χ0v) is 8.08. The Morgan fingerprint density at radius 2 is 2.21 bits per heavy atom. The van der Waals surface area contributed by atoms with Gasteiger partial charge in [0.05, 0.1) is 11.6 Å². The summed E-state index contributed by atoms with van der Waals surface area (Å²) in [7, 11) is 0. The summed E-state index contributed by atoms with van der Waals surface area (Å²) in [5, 5.41) is 8.89. The molecule has 0 aliphatic heterocycles. The van der Waals surface area contributed by atoms with Crippen molar-refractivity contribution in [2.75, 3.05) is 0 Å². The second-order valence-corrected chi connectivity index (χ2v) is 3.75. The number of nitrogens with zero attached hydrogens (tertiary/aromatic N) is 1. The smallest absolute Gasteiger partial charge is 0.167 e. The summed E-state index contributed by atoms with van der Waals surface area (Å²) in [4.78, 5) is 11.9. The van der Waals surface area contributed by atoms with Gasteiger partial charge in [0.25, 0.3) is 0 Å². The molecule has 0 N–H and O–H groups in total. The van der Waals surface area contributed by atoms with Crippen LogP contribution in [-0.4, -0.2) is 5.78 Å². The van der Waals surface area contributed by atoms with Gasteiger partial charge in [0.2, 0.25) is 0 Å². The standard InChI is InChI=1S/C12H11NO/c1-8-3-2-4-10(7-13)11(8)12(14)9-5-6-9/h2-4,9H,5-6H2,1H3. The minimum Gasteiger partial charge on any atom is -0.294 e. The van der Waals surface area contributed by atoms with Crippen LogP contribution < -0.4 is 0 Å². The molecular formula is C12H11NO. The van der Waals surface area contributed by atoms with Crippen molar-refractivity contribution in [1.29, 1.82) is 5.26 Å². The molecule has 2 heteroatoms. The first-order chi connectivity index (χ1) is 6.74. The first-order valence-corrected chi connectivity index (χ1v) is 4.78. The third kappa shape index (κ3) is 1.42. The summed E-state index contributed by atoms with van der Waals surface area (Å²) in [6.45, 7) is 1.89. The molecular weight excluding hydrogens is 174 g/mol. The molecule has 0 aromatic heterocycles. The van der Waals surface area contributed by atoms with Crippen molar-refractivity contribution in [2.45, 2.75) is 19.8 Å². The van der Waals surface area contributed by atoms with Crippen LogP contribution in [0.25, 0.3) is 0 Å². The molecule has 0 atom stereocenters. The quantitative estimate of drug-likeness (QED) is 0.664. The van der Waals surface area contributed by atoms with Gasteiger partial charge in [0.15, 0.2) is 5.78 Å². The van der Waals surface area contributed by atoms with Gasteiger partial charge in [-0.05, 0) is 31.4 Å². The zero-order chi connectivity index (χ0) is 10.1. The Morgan fingerprint density at radius 3 is 2.79 bits per heavy atom. The molecule has 0 unspecified atom stereocenters. The average Bonchev–Trinajstić information content (AvgIpc) is 2.99. The molecule has 0 radical (unpaired) electrons. The van der Waals surface area contributed by atoms with Gasteiger partial charge >= 0.3 is 0 Å². The lowest BCUT2D eigenvalue weighted by Crippen LogP contribution is -2.06. The maximum atomic E-state index is 11.9. The molecule has 1 aromatic carbocycles. The largest absolute Gasteiger partial charge is 0.294 e. The molecule has 1 aliphatic rings. The van der Waals surface area contributed by atoms with E-state index >= 15 is 0 Å². The number of ketones is 1. The fraction of sp³-hybridized carbons (Fsp3) is 0.333. The molecule has 0 spiro atoms. The van der Waals surface area contributed by atoms with Crippen LogP contribution in [0.15, 0.2) is 18.2 Å². The van der Waals surface area contributed by atoms with Crippen molar-refractivity contribution in [2.24, 2.45) is 5.92 Å². The van der Waals surface area contributed by atoms with Crippen LogP contribution in [0.4, 0.5) is 0 Å². The lowest BCUT2D eigenvalue weighted by atomic mass is 9.96. The third-order valence-corrected chi connectivity index (χ3v) is 2.59. The van der Waals surface area contributed by atoms with Crippen LogP contribution in [0.3, 0.4) is 0 Å². The van der Waals surface area contributed by atoms with Crippen LogP contribution >= 0.6 is 0 Å². The van der Waals surface area contributed by atoms with E-state index in [-0.39, 0.29) is 11.7 Å².